The van der Waals surface area contributed by atoms with Crippen molar-refractivity contribution in [2.24, 2.45) is 0 Å². The first-order valence-electron chi connectivity index (χ1n) is 20.3. The number of esters is 1. The van der Waals surface area contributed by atoms with Gasteiger partial charge in [0.05, 0.1) is 38.1 Å². The zero-order chi connectivity index (χ0) is 46.9. The van der Waals surface area contributed by atoms with Crippen LogP contribution in [0.25, 0.3) is 12.2 Å². The molecule has 13 N–H and O–H groups in total. The molecule has 4 aliphatic rings. The van der Waals surface area contributed by atoms with E-state index in [0.29, 0.717) is 11.1 Å². The van der Waals surface area contributed by atoms with Crippen LogP contribution in [0.2, 0.25) is 0 Å². The average Bonchev–Trinajstić information content (AvgIpc) is 3.29. The van der Waals surface area contributed by atoms with Gasteiger partial charge in [-0.05, 0) is 48.9 Å². The van der Waals surface area contributed by atoms with E-state index in [1.54, 1.807) is 12.1 Å². The van der Waals surface area contributed by atoms with Crippen LogP contribution in [0, 0.1) is 0 Å². The topological polar surface area (TPSA) is 346 Å². The highest BCUT2D eigenvalue weighted by atomic mass is 16.7. The Kier molecular flexibility index (Phi) is 14.7. The second-order valence-corrected chi connectivity index (χ2v) is 15.7. The summed E-state index contributed by atoms with van der Waals surface area (Å²) in [6, 6.07) is 12.5. The molecule has 3 aromatic rings. The number of aliphatic hydroxyl groups is 10. The van der Waals surface area contributed by atoms with E-state index >= 15 is 0 Å². The number of phenolic OH excluding ortho intramolecular Hbond substituents is 3. The van der Waals surface area contributed by atoms with Crippen LogP contribution in [0.3, 0.4) is 0 Å². The predicted molar refractivity (Wildman–Crippen MR) is 217 cm³/mol. The number of carbonyl (C=O) groups is 1. The summed E-state index contributed by atoms with van der Waals surface area (Å²) in [6.07, 6.45) is -22.1. The van der Waals surface area contributed by atoms with Gasteiger partial charge in [0.1, 0.15) is 83.9 Å². The molecule has 0 saturated carbocycles. The number of aromatic hydroxyl groups is 4. The predicted octanol–water partition coefficient (Wildman–Crippen LogP) is -1.74. The molecule has 0 aromatic heterocycles. The third kappa shape index (κ3) is 10.2. The molecule has 3 saturated heterocycles. The van der Waals surface area contributed by atoms with Gasteiger partial charge in [-0.3, -0.25) is 0 Å². The van der Waals surface area contributed by atoms with Gasteiger partial charge in [0.15, 0.2) is 29.7 Å². The summed E-state index contributed by atoms with van der Waals surface area (Å²) >= 11 is 0. The van der Waals surface area contributed by atoms with Gasteiger partial charge in [0.25, 0.3) is 11.9 Å². The number of benzene rings is 3. The summed E-state index contributed by atoms with van der Waals surface area (Å²) < 4.78 is 50.3. The Morgan fingerprint density at radius 3 is 2.03 bits per heavy atom. The van der Waals surface area contributed by atoms with Crippen molar-refractivity contribution in [3.63, 3.8) is 0 Å². The number of carbonyl (C=O) groups excluding carboxylic acids is 1. The minimum absolute atomic E-state index is 0.0321. The van der Waals surface area contributed by atoms with Crippen molar-refractivity contribution in [1.29, 1.82) is 0 Å². The molecule has 65 heavy (non-hydrogen) atoms. The van der Waals surface area contributed by atoms with E-state index in [-0.39, 0.29) is 45.8 Å². The van der Waals surface area contributed by atoms with Gasteiger partial charge in [-0.2, -0.15) is 0 Å². The number of phenols is 3. The molecule has 0 radical (unpaired) electrons. The number of hydrogen-bond acceptors (Lipinski definition) is 21. The molecule has 7 rings (SSSR count). The molecular formula is C43H51O22+. The minimum Gasteiger partial charge on any atom is -0.571 e. The fourth-order valence-corrected chi connectivity index (χ4v) is 7.57. The smallest absolute Gasteiger partial charge is 0.331 e. The average molecular weight is 920 g/mol. The molecule has 0 bridgehead atoms. The van der Waals surface area contributed by atoms with Gasteiger partial charge in [-0.1, -0.05) is 12.1 Å². The Morgan fingerprint density at radius 1 is 0.708 bits per heavy atom. The van der Waals surface area contributed by atoms with Crippen molar-refractivity contribution >= 4 is 18.1 Å². The van der Waals surface area contributed by atoms with Crippen molar-refractivity contribution in [3.8, 4) is 34.5 Å². The molecule has 0 spiro atoms. The third-order valence-electron chi connectivity index (χ3n) is 11.2. The van der Waals surface area contributed by atoms with Crippen LogP contribution >= 0.6 is 0 Å². The molecule has 4 heterocycles. The van der Waals surface area contributed by atoms with Crippen molar-refractivity contribution in [3.05, 3.63) is 83.1 Å². The zero-order valence-electron chi connectivity index (χ0n) is 34.6. The molecular weight excluding hydrogens is 868 g/mol. The zero-order valence-corrected chi connectivity index (χ0v) is 34.6. The van der Waals surface area contributed by atoms with Gasteiger partial charge in [0.2, 0.25) is 12.6 Å². The normalized spacial score (nSPS) is 34.8. The Labute approximate surface area is 369 Å². The van der Waals surface area contributed by atoms with E-state index < -0.39 is 117 Å². The number of rotatable bonds is 13. The van der Waals surface area contributed by atoms with Crippen LogP contribution in [0.4, 0.5) is 0 Å². The van der Waals surface area contributed by atoms with Gasteiger partial charge < -0.3 is 104 Å². The summed E-state index contributed by atoms with van der Waals surface area (Å²) in [5, 5.41) is 127. The van der Waals surface area contributed by atoms with Crippen molar-refractivity contribution in [1.82, 2.24) is 0 Å². The fraction of sp³-hybridized carbons (Fsp3) is 0.465. The number of hydrogen-bond donors (Lipinski definition) is 12. The van der Waals surface area contributed by atoms with Gasteiger partial charge >= 0.3 is 5.97 Å². The van der Waals surface area contributed by atoms with Crippen LogP contribution in [0.1, 0.15) is 29.7 Å². The molecule has 0 aliphatic carbocycles. The first-order chi connectivity index (χ1) is 31.0. The highest BCUT2D eigenvalue weighted by molar-refractivity contribution is 5.87. The summed E-state index contributed by atoms with van der Waals surface area (Å²) in [7, 11) is 1.31. The van der Waals surface area contributed by atoms with Crippen molar-refractivity contribution in [2.75, 3.05) is 20.3 Å². The molecule has 16 atom stereocenters. The Hall–Kier alpha value is -5.31. The lowest BCUT2D eigenvalue weighted by Gasteiger charge is -2.43. The number of methoxy groups -OCH3 is 1. The van der Waals surface area contributed by atoms with Crippen LogP contribution in [0.5, 0.6) is 34.5 Å². The Balaban J connectivity index is 1.09. The summed E-state index contributed by atoms with van der Waals surface area (Å²) in [5.41, 5.74) is 0.981. The Morgan fingerprint density at radius 2 is 1.35 bits per heavy atom. The molecule has 4 aliphatic heterocycles. The maximum absolute atomic E-state index is 12.6. The van der Waals surface area contributed by atoms with E-state index in [2.05, 4.69) is 0 Å². The summed E-state index contributed by atoms with van der Waals surface area (Å²) in [5.74, 6) is -1.64. The molecule has 0 amide bonds. The number of aliphatic hydroxyl groups excluding tert-OH is 9. The highest BCUT2D eigenvalue weighted by Crippen LogP contribution is 2.47. The summed E-state index contributed by atoms with van der Waals surface area (Å²) in [4.78, 5) is 12.6. The van der Waals surface area contributed by atoms with Crippen molar-refractivity contribution < 1.29 is 109 Å². The van der Waals surface area contributed by atoms with Gasteiger partial charge in [-0.15, -0.1) is 0 Å². The summed E-state index contributed by atoms with van der Waals surface area (Å²) in [6.45, 7) is 0.0682. The maximum atomic E-state index is 12.6. The Bertz CT molecular complexity index is 2180. The van der Waals surface area contributed by atoms with E-state index in [4.69, 9.17) is 42.6 Å². The van der Waals surface area contributed by atoms with E-state index in [9.17, 15) is 66.1 Å². The van der Waals surface area contributed by atoms with Crippen LogP contribution in [-0.2, 0) is 33.2 Å². The molecule has 3 aromatic carbocycles. The second-order valence-electron chi connectivity index (χ2n) is 15.7. The van der Waals surface area contributed by atoms with E-state index in [1.165, 1.54) is 62.6 Å². The highest BCUT2D eigenvalue weighted by Gasteiger charge is 2.50. The standard InChI is InChI=1S/C43H50O22/c1-17-39(65-30(48)10-5-18-3-7-20(45)8-4-18)35(53)38(56)41(59-17)58-16-29-32(50)34(52)37(55)43(64-29)62-27-14-22-24(60-40(27)19-6-9-23(47)26(11-19)57-2)12-21(46)13-25(22)61-42-36(54)33(51)31(49)28(15-44)63-42/h3-14,17,28-29,31-47,49-56H,15-16H2,1-2H3/p+1. The van der Waals surface area contributed by atoms with E-state index in [0.717, 1.165) is 12.1 Å². The lowest BCUT2D eigenvalue weighted by Crippen LogP contribution is -2.61. The van der Waals surface area contributed by atoms with Crippen molar-refractivity contribution in [2.45, 2.75) is 105 Å². The largest absolute Gasteiger partial charge is 0.571 e. The molecule has 354 valence electrons. The monoisotopic (exact) mass is 919 g/mol. The third-order valence-corrected chi connectivity index (χ3v) is 11.2. The molecule has 16 unspecified atom stereocenters. The maximum Gasteiger partial charge on any atom is 0.331 e. The van der Waals surface area contributed by atoms with E-state index in [1.807, 2.05) is 0 Å². The number of ether oxygens (including phenoxy) is 9. The fourth-order valence-electron chi connectivity index (χ4n) is 7.57. The van der Waals surface area contributed by atoms with Crippen LogP contribution < -0.4 is 9.47 Å². The minimum atomic E-state index is -1.93. The second kappa shape index (κ2) is 20.1. The van der Waals surface area contributed by atoms with Gasteiger partial charge in [0, 0.05) is 18.2 Å². The molecule has 22 heteroatoms. The number of fused-ring (bicyclic) bond motifs is 1. The first kappa shape index (κ1) is 47.6. The molecule has 3 fully saturated rings. The molecule has 22 nitrogen and oxygen atoms in total. The van der Waals surface area contributed by atoms with Gasteiger partial charge in [-0.25, -0.2) is 4.79 Å². The first-order valence-corrected chi connectivity index (χ1v) is 20.3. The SMILES string of the molecule is COc1cc(C2[OH+]c3cc(O)cc(OC4OC(CO)C(O)C(O)C4O)c3C=C2OC2OC(COC3OC(C)C(OC(=O)C=Cc4ccc(O)cc4)C(O)C3O)C(O)C(O)C2O)ccc1O. The lowest BCUT2D eigenvalue weighted by atomic mass is 9.98. The quantitative estimate of drug-likeness (QED) is 0.0514. The van der Waals surface area contributed by atoms with Crippen LogP contribution in [0.15, 0.2) is 66.4 Å². The lowest BCUT2D eigenvalue weighted by molar-refractivity contribution is -0.325. The van der Waals surface area contributed by atoms with Crippen LogP contribution in [-0.4, -0.2) is 184 Å².